The van der Waals surface area contributed by atoms with E-state index < -0.39 is 0 Å². The van der Waals surface area contributed by atoms with Crippen molar-refractivity contribution in [3.05, 3.63) is 30.6 Å². The molecule has 0 radical (unpaired) electrons. The van der Waals surface area contributed by atoms with Crippen LogP contribution in [0.2, 0.25) is 0 Å². The highest BCUT2D eigenvalue weighted by molar-refractivity contribution is 5.95. The number of imidazole rings is 1. The van der Waals surface area contributed by atoms with Gasteiger partial charge in [0.25, 0.3) is 0 Å². The van der Waals surface area contributed by atoms with Gasteiger partial charge in [-0.05, 0) is 25.3 Å². The molecule has 3 aromatic heterocycles. The summed E-state index contributed by atoms with van der Waals surface area (Å²) in [6.45, 7) is 2.10. The molecule has 2 N–H and O–H groups in total. The maximum atomic E-state index is 6.09. The second-order valence-electron chi connectivity index (χ2n) is 5.77. The fourth-order valence-corrected chi connectivity index (χ4v) is 2.68. The van der Waals surface area contributed by atoms with Crippen LogP contribution in [0.3, 0.4) is 0 Å². The molecule has 112 valence electrons. The van der Waals surface area contributed by atoms with Gasteiger partial charge >= 0.3 is 0 Å². The lowest BCUT2D eigenvalue weighted by Gasteiger charge is -2.07. The molecule has 1 aliphatic rings. The molecule has 0 aromatic carbocycles. The van der Waals surface area contributed by atoms with Gasteiger partial charge in [0.05, 0.1) is 6.33 Å². The molecular weight excluding hydrogens is 276 g/mol. The van der Waals surface area contributed by atoms with Crippen molar-refractivity contribution in [2.75, 3.05) is 5.73 Å². The van der Waals surface area contributed by atoms with Gasteiger partial charge in [0.2, 0.25) is 0 Å². The minimum Gasteiger partial charge on any atom is -0.383 e. The van der Waals surface area contributed by atoms with Crippen molar-refractivity contribution in [1.29, 1.82) is 0 Å². The third-order valence-corrected chi connectivity index (χ3v) is 3.98. The number of aryl methyl sites for hydroxylation is 1. The molecule has 6 nitrogen and oxygen atoms in total. The molecule has 1 fully saturated rings. The van der Waals surface area contributed by atoms with Crippen LogP contribution in [-0.2, 0) is 6.42 Å². The van der Waals surface area contributed by atoms with Crippen molar-refractivity contribution < 1.29 is 0 Å². The molecule has 0 aliphatic heterocycles. The van der Waals surface area contributed by atoms with Gasteiger partial charge < -0.3 is 10.3 Å². The fraction of sp³-hybridized carbons (Fsp3) is 0.375. The summed E-state index contributed by atoms with van der Waals surface area (Å²) in [6, 6.07) is 2.47. The molecule has 0 saturated heterocycles. The number of rotatable bonds is 4. The summed E-state index contributed by atoms with van der Waals surface area (Å²) in [4.78, 5) is 18.0. The Morgan fingerprint density at radius 1 is 1.27 bits per heavy atom. The van der Waals surface area contributed by atoms with E-state index in [0.717, 1.165) is 41.0 Å². The van der Waals surface area contributed by atoms with Crippen molar-refractivity contribution >= 4 is 16.7 Å². The second kappa shape index (κ2) is 5.05. The van der Waals surface area contributed by atoms with Gasteiger partial charge in [-0.2, -0.15) is 0 Å². The number of nitrogens with two attached hydrogens (primary N) is 1. The minimum atomic E-state index is 0.513. The van der Waals surface area contributed by atoms with E-state index in [1.807, 2.05) is 12.4 Å². The lowest BCUT2D eigenvalue weighted by atomic mass is 10.2. The Kier molecular flexibility index (Phi) is 3.03. The molecule has 0 unspecified atom stereocenters. The Labute approximate surface area is 128 Å². The maximum Gasteiger partial charge on any atom is 0.135 e. The summed E-state index contributed by atoms with van der Waals surface area (Å²) in [5.74, 6) is 1.28. The maximum absolute atomic E-state index is 6.09. The van der Waals surface area contributed by atoms with E-state index in [-0.39, 0.29) is 0 Å². The van der Waals surface area contributed by atoms with Gasteiger partial charge in [0.15, 0.2) is 0 Å². The molecule has 6 heteroatoms. The van der Waals surface area contributed by atoms with Crippen LogP contribution in [0.5, 0.6) is 0 Å². The highest BCUT2D eigenvalue weighted by Crippen LogP contribution is 2.36. The Morgan fingerprint density at radius 3 is 2.91 bits per heavy atom. The predicted molar refractivity (Wildman–Crippen MR) is 85.2 cm³/mol. The van der Waals surface area contributed by atoms with Gasteiger partial charge in [0.1, 0.15) is 28.5 Å². The first kappa shape index (κ1) is 13.2. The van der Waals surface area contributed by atoms with E-state index in [2.05, 4.69) is 37.6 Å². The Balaban J connectivity index is 1.88. The second-order valence-corrected chi connectivity index (χ2v) is 5.77. The lowest BCUT2D eigenvalue weighted by Crippen LogP contribution is -2.02. The van der Waals surface area contributed by atoms with Gasteiger partial charge in [-0.1, -0.05) is 6.92 Å². The molecule has 1 aliphatic carbocycles. The summed E-state index contributed by atoms with van der Waals surface area (Å²) in [5, 5.41) is 0.839. The first-order valence-electron chi connectivity index (χ1n) is 7.71. The van der Waals surface area contributed by atoms with Crippen LogP contribution in [-0.4, -0.2) is 24.5 Å². The van der Waals surface area contributed by atoms with Gasteiger partial charge in [-0.25, -0.2) is 15.0 Å². The monoisotopic (exact) mass is 294 g/mol. The van der Waals surface area contributed by atoms with Crippen molar-refractivity contribution in [1.82, 2.24) is 24.5 Å². The average molecular weight is 294 g/mol. The zero-order valence-electron chi connectivity index (χ0n) is 12.5. The first-order chi connectivity index (χ1) is 10.8. The van der Waals surface area contributed by atoms with E-state index in [9.17, 15) is 0 Å². The van der Waals surface area contributed by atoms with Crippen LogP contribution in [0.25, 0.3) is 22.3 Å². The van der Waals surface area contributed by atoms with Crippen LogP contribution in [0.4, 0.5) is 5.82 Å². The minimum absolute atomic E-state index is 0.513. The molecule has 0 amide bonds. The van der Waals surface area contributed by atoms with Crippen molar-refractivity contribution in [3.8, 4) is 11.4 Å². The Hall–Kier alpha value is -2.50. The summed E-state index contributed by atoms with van der Waals surface area (Å²) in [7, 11) is 0. The van der Waals surface area contributed by atoms with Gasteiger partial charge in [-0.3, -0.25) is 4.98 Å². The van der Waals surface area contributed by atoms with Crippen LogP contribution in [0.15, 0.2) is 24.8 Å². The Morgan fingerprint density at radius 2 is 2.14 bits per heavy atom. The molecule has 1 saturated carbocycles. The average Bonchev–Trinajstić information content (AvgIpc) is 3.25. The van der Waals surface area contributed by atoms with E-state index in [1.54, 1.807) is 6.20 Å². The van der Waals surface area contributed by atoms with Crippen LogP contribution in [0.1, 0.15) is 38.1 Å². The third kappa shape index (κ3) is 2.20. The van der Waals surface area contributed by atoms with Crippen molar-refractivity contribution in [2.45, 2.75) is 38.6 Å². The summed E-state index contributed by atoms with van der Waals surface area (Å²) in [5.41, 5.74) is 8.51. The number of fused-ring (bicyclic) bond motifs is 1. The summed E-state index contributed by atoms with van der Waals surface area (Å²) >= 11 is 0. The zero-order valence-corrected chi connectivity index (χ0v) is 12.5. The van der Waals surface area contributed by atoms with Gasteiger partial charge in [-0.15, -0.1) is 0 Å². The largest absolute Gasteiger partial charge is 0.383 e. The highest BCUT2D eigenvalue weighted by Gasteiger charge is 2.24. The smallest absolute Gasteiger partial charge is 0.135 e. The van der Waals surface area contributed by atoms with E-state index in [4.69, 9.17) is 5.73 Å². The predicted octanol–water partition coefficient (Wildman–Crippen LogP) is 2.76. The van der Waals surface area contributed by atoms with E-state index in [1.165, 1.54) is 12.8 Å². The highest BCUT2D eigenvalue weighted by atomic mass is 15.1. The number of nitrogen functional groups attached to an aromatic ring is 1. The molecule has 0 bridgehead atoms. The standard InChI is InChI=1S/C16H18N6/c1-2-3-13-20-14-11(16(17)21-13)6-7-18-15(14)12-8-22(9-19-12)10-4-5-10/h6-10H,2-5H2,1H3,(H2,17,20,21). The third-order valence-electron chi connectivity index (χ3n) is 3.98. The molecule has 3 heterocycles. The van der Waals surface area contributed by atoms with Crippen LogP contribution >= 0.6 is 0 Å². The molecule has 0 spiro atoms. The fourth-order valence-electron chi connectivity index (χ4n) is 2.68. The SMILES string of the molecule is CCCc1nc(N)c2ccnc(-c3cn(C4CC4)cn3)c2n1. The molecule has 22 heavy (non-hydrogen) atoms. The van der Waals surface area contributed by atoms with Crippen LogP contribution in [0, 0.1) is 0 Å². The number of hydrogen-bond acceptors (Lipinski definition) is 5. The number of pyridine rings is 1. The molecule has 3 aromatic rings. The van der Waals surface area contributed by atoms with E-state index >= 15 is 0 Å². The summed E-state index contributed by atoms with van der Waals surface area (Å²) < 4.78 is 2.16. The molecular formula is C16H18N6. The van der Waals surface area contributed by atoms with E-state index in [0.29, 0.717) is 11.9 Å². The normalized spacial score (nSPS) is 14.6. The number of nitrogens with zero attached hydrogens (tertiary/aromatic N) is 5. The topological polar surface area (TPSA) is 82.5 Å². The van der Waals surface area contributed by atoms with Gasteiger partial charge in [0, 0.05) is 30.2 Å². The summed E-state index contributed by atoms with van der Waals surface area (Å²) in [6.07, 6.45) is 9.93. The molecule has 0 atom stereocenters. The first-order valence-corrected chi connectivity index (χ1v) is 7.71. The van der Waals surface area contributed by atoms with Crippen molar-refractivity contribution in [2.24, 2.45) is 0 Å². The number of hydrogen-bond donors (Lipinski definition) is 1. The lowest BCUT2D eigenvalue weighted by molar-refractivity contribution is 0.741. The molecule has 4 rings (SSSR count). The number of aromatic nitrogens is 5. The van der Waals surface area contributed by atoms with Crippen LogP contribution < -0.4 is 5.73 Å². The quantitative estimate of drug-likeness (QED) is 0.800. The Bertz CT molecular complexity index is 834. The zero-order chi connectivity index (χ0) is 15.1. The van der Waals surface area contributed by atoms with Crippen molar-refractivity contribution in [3.63, 3.8) is 0 Å². The number of anilines is 1.